The maximum atomic E-state index is 12.8. The number of sulfonamides is 1. The van der Waals surface area contributed by atoms with E-state index in [1.807, 2.05) is 20.8 Å². The molecule has 9 heteroatoms. The van der Waals surface area contributed by atoms with E-state index in [-0.39, 0.29) is 29.5 Å². The summed E-state index contributed by atoms with van der Waals surface area (Å²) in [6.07, 6.45) is 6.49. The maximum absolute atomic E-state index is 12.8. The summed E-state index contributed by atoms with van der Waals surface area (Å²) in [6, 6.07) is -0.971. The van der Waals surface area contributed by atoms with Crippen molar-refractivity contribution in [2.45, 2.75) is 78.2 Å². The molecule has 1 atom stereocenters. The summed E-state index contributed by atoms with van der Waals surface area (Å²) in [5.74, 6) is -2.18. The number of amides is 2. The SMILES string of the molecule is CC(C)(C)CC(NC(=O)C1CCCCCC1)C(=O)C(=O)NN1CCCS1(=O)=O. The standard InChI is InChI=1S/C19H33N3O5S/c1-19(2,3)13-15(20-17(24)14-9-6-4-5-7-10-14)16(23)18(25)21-22-11-8-12-28(22,26)27/h14-15H,4-13H2,1-3H3,(H,20,24)(H,21,25). The van der Waals surface area contributed by atoms with E-state index in [1.54, 1.807) is 0 Å². The van der Waals surface area contributed by atoms with E-state index in [0.29, 0.717) is 12.8 Å². The number of hydrazine groups is 1. The van der Waals surface area contributed by atoms with Crippen molar-refractivity contribution in [1.29, 1.82) is 0 Å². The molecule has 0 aromatic carbocycles. The summed E-state index contributed by atoms with van der Waals surface area (Å²) in [7, 11) is -3.56. The monoisotopic (exact) mass is 415 g/mol. The van der Waals surface area contributed by atoms with Crippen LogP contribution in [-0.4, -0.2) is 48.8 Å². The van der Waals surface area contributed by atoms with Gasteiger partial charge in [-0.2, -0.15) is 0 Å². The molecule has 1 saturated carbocycles. The molecule has 0 aromatic heterocycles. The molecule has 2 aliphatic rings. The van der Waals surface area contributed by atoms with Crippen LogP contribution in [0.4, 0.5) is 0 Å². The minimum Gasteiger partial charge on any atom is -0.345 e. The van der Waals surface area contributed by atoms with Crippen LogP contribution in [0.5, 0.6) is 0 Å². The molecule has 1 aliphatic heterocycles. The van der Waals surface area contributed by atoms with Crippen LogP contribution in [0.15, 0.2) is 0 Å². The van der Waals surface area contributed by atoms with Gasteiger partial charge < -0.3 is 5.32 Å². The lowest BCUT2D eigenvalue weighted by molar-refractivity contribution is -0.142. The second-order valence-electron chi connectivity index (χ2n) is 9.06. The quantitative estimate of drug-likeness (QED) is 0.504. The van der Waals surface area contributed by atoms with Gasteiger partial charge in [0.1, 0.15) is 0 Å². The van der Waals surface area contributed by atoms with E-state index in [1.165, 1.54) is 0 Å². The first-order valence-corrected chi connectivity index (χ1v) is 11.8. The zero-order chi connectivity index (χ0) is 20.9. The number of rotatable bonds is 6. The lowest BCUT2D eigenvalue weighted by atomic mass is 9.86. The number of nitrogens with zero attached hydrogens (tertiary/aromatic N) is 1. The molecule has 0 spiro atoms. The van der Waals surface area contributed by atoms with E-state index in [0.717, 1.165) is 42.9 Å². The summed E-state index contributed by atoms with van der Waals surface area (Å²) in [5, 5.41) is 2.78. The highest BCUT2D eigenvalue weighted by Gasteiger charge is 2.36. The van der Waals surface area contributed by atoms with Crippen LogP contribution in [-0.2, 0) is 24.4 Å². The third-order valence-electron chi connectivity index (χ3n) is 5.22. The fraction of sp³-hybridized carbons (Fsp3) is 0.842. The average Bonchev–Trinajstić information content (AvgIpc) is 2.79. The van der Waals surface area contributed by atoms with Crippen molar-refractivity contribution in [3.63, 3.8) is 0 Å². The van der Waals surface area contributed by atoms with Crippen molar-refractivity contribution in [1.82, 2.24) is 15.2 Å². The van der Waals surface area contributed by atoms with Crippen LogP contribution >= 0.6 is 0 Å². The summed E-state index contributed by atoms with van der Waals surface area (Å²) in [6.45, 7) is 5.93. The van der Waals surface area contributed by atoms with Gasteiger partial charge in [0, 0.05) is 12.5 Å². The first-order valence-electron chi connectivity index (χ1n) is 10.2. The van der Waals surface area contributed by atoms with Gasteiger partial charge >= 0.3 is 5.91 Å². The van der Waals surface area contributed by atoms with Gasteiger partial charge in [0.2, 0.25) is 21.7 Å². The van der Waals surface area contributed by atoms with Crippen molar-refractivity contribution in [3.05, 3.63) is 0 Å². The molecule has 1 aliphatic carbocycles. The Morgan fingerprint density at radius 2 is 1.64 bits per heavy atom. The van der Waals surface area contributed by atoms with Crippen LogP contribution < -0.4 is 10.7 Å². The number of ketones is 1. The van der Waals surface area contributed by atoms with Crippen LogP contribution in [0.25, 0.3) is 0 Å². The van der Waals surface area contributed by atoms with E-state index >= 15 is 0 Å². The summed E-state index contributed by atoms with van der Waals surface area (Å²) in [4.78, 5) is 37.9. The van der Waals surface area contributed by atoms with Crippen molar-refractivity contribution < 1.29 is 22.8 Å². The average molecular weight is 416 g/mol. The van der Waals surface area contributed by atoms with Gasteiger partial charge in [0.05, 0.1) is 11.8 Å². The molecule has 28 heavy (non-hydrogen) atoms. The lowest BCUT2D eigenvalue weighted by Crippen LogP contribution is -2.53. The predicted molar refractivity (Wildman–Crippen MR) is 105 cm³/mol. The summed E-state index contributed by atoms with van der Waals surface area (Å²) in [5.41, 5.74) is 1.91. The van der Waals surface area contributed by atoms with Crippen LogP contribution in [0.1, 0.15) is 72.1 Å². The Morgan fingerprint density at radius 1 is 1.04 bits per heavy atom. The number of nitrogens with one attached hydrogen (secondary N) is 2. The highest BCUT2D eigenvalue weighted by atomic mass is 32.2. The fourth-order valence-electron chi connectivity index (χ4n) is 3.74. The van der Waals surface area contributed by atoms with E-state index in [2.05, 4.69) is 10.7 Å². The predicted octanol–water partition coefficient (Wildman–Crippen LogP) is 1.51. The fourth-order valence-corrected chi connectivity index (χ4v) is 5.09. The van der Waals surface area contributed by atoms with Gasteiger partial charge in [0.25, 0.3) is 0 Å². The maximum Gasteiger partial charge on any atom is 0.304 e. The highest BCUT2D eigenvalue weighted by Crippen LogP contribution is 2.25. The Hall–Kier alpha value is -1.48. The number of carbonyl (C=O) groups is 3. The van der Waals surface area contributed by atoms with Crippen molar-refractivity contribution in [2.75, 3.05) is 12.3 Å². The van der Waals surface area contributed by atoms with Crippen LogP contribution in [0.2, 0.25) is 0 Å². The normalized spacial score (nSPS) is 22.2. The molecule has 1 saturated heterocycles. The zero-order valence-corrected chi connectivity index (χ0v) is 17.9. The Labute approximate surface area is 167 Å². The molecule has 0 bridgehead atoms. The molecule has 2 fully saturated rings. The Bertz CT molecular complexity index is 691. The highest BCUT2D eigenvalue weighted by molar-refractivity contribution is 7.89. The first-order chi connectivity index (χ1) is 13.0. The Balaban J connectivity index is 2.07. The topological polar surface area (TPSA) is 113 Å². The lowest BCUT2D eigenvalue weighted by Gasteiger charge is -2.27. The molecule has 1 unspecified atom stereocenters. The minimum absolute atomic E-state index is 0.0503. The third-order valence-corrected chi connectivity index (χ3v) is 6.97. The molecule has 2 rings (SSSR count). The smallest absolute Gasteiger partial charge is 0.304 e. The van der Waals surface area contributed by atoms with Gasteiger partial charge in [0.15, 0.2) is 0 Å². The van der Waals surface area contributed by atoms with Gasteiger partial charge in [-0.25, -0.2) is 8.42 Å². The molecule has 0 radical (unpaired) electrons. The Morgan fingerprint density at radius 3 is 2.14 bits per heavy atom. The second kappa shape index (κ2) is 9.35. The first kappa shape index (κ1) is 22.8. The number of hydrogen-bond acceptors (Lipinski definition) is 5. The Kier molecular flexibility index (Phi) is 7.61. The number of carbonyl (C=O) groups excluding carboxylic acids is 3. The molecule has 160 valence electrons. The molecular formula is C19H33N3O5S. The molecular weight excluding hydrogens is 382 g/mol. The van der Waals surface area contributed by atoms with Gasteiger partial charge in [-0.05, 0) is 31.1 Å². The molecule has 2 amide bonds. The summed E-state index contributed by atoms with van der Waals surface area (Å²) >= 11 is 0. The molecule has 8 nitrogen and oxygen atoms in total. The van der Waals surface area contributed by atoms with Gasteiger partial charge in [-0.3, -0.25) is 19.8 Å². The largest absolute Gasteiger partial charge is 0.345 e. The van der Waals surface area contributed by atoms with Crippen LogP contribution in [0.3, 0.4) is 0 Å². The third kappa shape index (κ3) is 6.55. The molecule has 0 aromatic rings. The second-order valence-corrected chi connectivity index (χ2v) is 11.1. The minimum atomic E-state index is -3.56. The van der Waals surface area contributed by atoms with E-state index in [9.17, 15) is 22.8 Å². The van der Waals surface area contributed by atoms with Gasteiger partial charge in [-0.15, -0.1) is 4.41 Å². The van der Waals surface area contributed by atoms with Gasteiger partial charge in [-0.1, -0.05) is 46.5 Å². The van der Waals surface area contributed by atoms with Crippen molar-refractivity contribution >= 4 is 27.6 Å². The molecule has 1 heterocycles. The van der Waals surface area contributed by atoms with E-state index < -0.39 is 27.8 Å². The van der Waals surface area contributed by atoms with E-state index in [4.69, 9.17) is 0 Å². The molecule has 2 N–H and O–H groups in total. The van der Waals surface area contributed by atoms with Crippen molar-refractivity contribution in [2.24, 2.45) is 11.3 Å². The zero-order valence-electron chi connectivity index (χ0n) is 17.1. The number of hydrogen-bond donors (Lipinski definition) is 2. The van der Waals surface area contributed by atoms with Crippen molar-refractivity contribution in [3.8, 4) is 0 Å². The number of Topliss-reactive ketones (excluding diaryl/α,β-unsaturated/α-hetero) is 1. The van der Waals surface area contributed by atoms with Crippen LogP contribution in [0, 0.1) is 11.3 Å². The summed E-state index contributed by atoms with van der Waals surface area (Å²) < 4.78 is 24.6.